The molecule has 4 N–H and O–H groups in total. The minimum atomic E-state index is -0.490. The van der Waals surface area contributed by atoms with Gasteiger partial charge in [0.2, 0.25) is 0 Å². The number of nitrogens with two attached hydrogens (primary N) is 1. The minimum absolute atomic E-state index is 0.0535. The smallest absolute Gasteiger partial charge is 0.253 e. The fraction of sp³-hybridized carbons (Fsp3) is 0.533. The normalized spacial score (nSPS) is 21.6. The molecule has 1 aliphatic heterocycles. The van der Waals surface area contributed by atoms with Crippen LogP contribution in [-0.4, -0.2) is 30.7 Å². The Morgan fingerprint density at radius 3 is 2.81 bits per heavy atom. The second-order valence-electron chi connectivity index (χ2n) is 5.54. The monoisotopic (exact) mass is 295 g/mol. The van der Waals surface area contributed by atoms with Gasteiger partial charge in [0.25, 0.3) is 5.91 Å². The van der Waals surface area contributed by atoms with Gasteiger partial charge in [-0.05, 0) is 44.9 Å². The highest BCUT2D eigenvalue weighted by Crippen LogP contribution is 2.26. The summed E-state index contributed by atoms with van der Waals surface area (Å²) in [5, 5.41) is 5.91. The van der Waals surface area contributed by atoms with Crippen LogP contribution < -0.4 is 16.4 Å². The summed E-state index contributed by atoms with van der Waals surface area (Å²) in [5.74, 6) is -0.569. The lowest BCUT2D eigenvalue weighted by Crippen LogP contribution is -2.30. The zero-order chi connectivity index (χ0) is 15.4. The molecule has 0 radical (unpaired) electrons. The van der Waals surface area contributed by atoms with Gasteiger partial charge in [0.1, 0.15) is 11.9 Å². The fourth-order valence-corrected chi connectivity index (χ4v) is 2.34. The summed E-state index contributed by atoms with van der Waals surface area (Å²) in [5.41, 5.74) is 6.65. The number of ether oxygens (including phenoxy) is 1. The Kier molecular flexibility index (Phi) is 5.14. The first-order valence-corrected chi connectivity index (χ1v) is 7.22. The average Bonchev–Trinajstić information content (AvgIpc) is 2.90. The maximum atomic E-state index is 13.3. The Labute approximate surface area is 124 Å². The molecule has 1 amide bonds. The van der Waals surface area contributed by atoms with Crippen molar-refractivity contribution >= 4 is 17.3 Å². The molecular formula is C15H22FN3O2. The quantitative estimate of drug-likeness (QED) is 0.777. The highest BCUT2D eigenvalue weighted by molar-refractivity contribution is 5.97. The van der Waals surface area contributed by atoms with Crippen LogP contribution in [0.15, 0.2) is 18.2 Å². The predicted octanol–water partition coefficient (Wildman–Crippen LogP) is 2.09. The number of hydrogen-bond acceptors (Lipinski definition) is 4. The van der Waals surface area contributed by atoms with Crippen molar-refractivity contribution < 1.29 is 13.9 Å². The van der Waals surface area contributed by atoms with E-state index in [0.29, 0.717) is 24.3 Å². The fourth-order valence-electron chi connectivity index (χ4n) is 2.34. The van der Waals surface area contributed by atoms with Gasteiger partial charge in [0, 0.05) is 12.6 Å². The van der Waals surface area contributed by atoms with Crippen LogP contribution in [0.2, 0.25) is 0 Å². The van der Waals surface area contributed by atoms with E-state index in [1.54, 1.807) is 6.07 Å². The molecule has 6 heteroatoms. The molecule has 2 rings (SSSR count). The van der Waals surface area contributed by atoms with Crippen molar-refractivity contribution in [2.45, 2.75) is 44.9 Å². The highest BCUT2D eigenvalue weighted by Gasteiger charge is 2.30. The van der Waals surface area contributed by atoms with Crippen LogP contribution in [0.5, 0.6) is 0 Å². The van der Waals surface area contributed by atoms with Gasteiger partial charge in [-0.3, -0.25) is 4.79 Å². The van der Waals surface area contributed by atoms with Gasteiger partial charge in [-0.1, -0.05) is 0 Å². The lowest BCUT2D eigenvalue weighted by atomic mass is 10.1. The van der Waals surface area contributed by atoms with Crippen molar-refractivity contribution in [3.8, 4) is 0 Å². The van der Waals surface area contributed by atoms with Gasteiger partial charge in [-0.15, -0.1) is 0 Å². The molecule has 1 heterocycles. The summed E-state index contributed by atoms with van der Waals surface area (Å²) in [6.45, 7) is 4.31. The van der Waals surface area contributed by atoms with Gasteiger partial charge in [0.15, 0.2) is 0 Å². The summed E-state index contributed by atoms with van der Waals surface area (Å²) in [4.78, 5) is 12.2. The zero-order valence-corrected chi connectivity index (χ0v) is 12.4. The lowest BCUT2D eigenvalue weighted by Gasteiger charge is -2.17. The van der Waals surface area contributed by atoms with Crippen molar-refractivity contribution in [2.75, 3.05) is 17.2 Å². The van der Waals surface area contributed by atoms with E-state index in [9.17, 15) is 9.18 Å². The third kappa shape index (κ3) is 4.15. The number of rotatable bonds is 5. The van der Waals surface area contributed by atoms with E-state index in [4.69, 9.17) is 10.5 Å². The number of carbonyl (C=O) groups is 1. The number of anilines is 2. The molecule has 0 aromatic heterocycles. The van der Waals surface area contributed by atoms with Gasteiger partial charge in [-0.2, -0.15) is 0 Å². The van der Waals surface area contributed by atoms with Gasteiger partial charge >= 0.3 is 0 Å². The van der Waals surface area contributed by atoms with Crippen molar-refractivity contribution in [3.05, 3.63) is 24.0 Å². The van der Waals surface area contributed by atoms with Crippen molar-refractivity contribution in [2.24, 2.45) is 5.73 Å². The molecule has 2 atom stereocenters. The molecular weight excluding hydrogens is 273 g/mol. The SMILES string of the molecule is CC(C)Nc1cc(F)ccc1NC(=O)[C@@H]1CC[C@H](CN)O1. The molecule has 0 saturated carbocycles. The van der Waals surface area contributed by atoms with Crippen LogP contribution in [-0.2, 0) is 9.53 Å². The minimum Gasteiger partial charge on any atom is -0.381 e. The molecule has 0 bridgehead atoms. The summed E-state index contributed by atoms with van der Waals surface area (Å²) < 4.78 is 18.9. The van der Waals surface area contributed by atoms with Crippen LogP contribution in [0.1, 0.15) is 26.7 Å². The van der Waals surface area contributed by atoms with E-state index < -0.39 is 6.10 Å². The topological polar surface area (TPSA) is 76.4 Å². The number of carbonyl (C=O) groups excluding carboxylic acids is 1. The van der Waals surface area contributed by atoms with E-state index >= 15 is 0 Å². The van der Waals surface area contributed by atoms with Gasteiger partial charge < -0.3 is 21.1 Å². The lowest BCUT2D eigenvalue weighted by molar-refractivity contribution is -0.126. The third-order valence-corrected chi connectivity index (χ3v) is 3.35. The maximum absolute atomic E-state index is 13.3. The molecule has 1 aromatic carbocycles. The van der Waals surface area contributed by atoms with Crippen molar-refractivity contribution in [1.82, 2.24) is 0 Å². The largest absolute Gasteiger partial charge is 0.381 e. The van der Waals surface area contributed by atoms with E-state index in [1.165, 1.54) is 12.1 Å². The Morgan fingerprint density at radius 2 is 2.19 bits per heavy atom. The van der Waals surface area contributed by atoms with E-state index in [-0.39, 0.29) is 23.9 Å². The number of nitrogens with one attached hydrogen (secondary N) is 2. The highest BCUT2D eigenvalue weighted by atomic mass is 19.1. The molecule has 0 spiro atoms. The van der Waals surface area contributed by atoms with E-state index in [2.05, 4.69) is 10.6 Å². The molecule has 5 nitrogen and oxygen atoms in total. The predicted molar refractivity (Wildman–Crippen MR) is 80.7 cm³/mol. The Balaban J connectivity index is 2.06. The molecule has 0 unspecified atom stereocenters. The average molecular weight is 295 g/mol. The second kappa shape index (κ2) is 6.87. The van der Waals surface area contributed by atoms with Gasteiger partial charge in [-0.25, -0.2) is 4.39 Å². The first-order chi connectivity index (χ1) is 9.99. The number of hydrogen-bond donors (Lipinski definition) is 3. The van der Waals surface area contributed by atoms with E-state index in [0.717, 1.165) is 6.42 Å². The zero-order valence-electron chi connectivity index (χ0n) is 12.4. The second-order valence-corrected chi connectivity index (χ2v) is 5.54. The van der Waals surface area contributed by atoms with Crippen LogP contribution in [0, 0.1) is 5.82 Å². The molecule has 116 valence electrons. The summed E-state index contributed by atoms with van der Waals surface area (Å²) >= 11 is 0. The molecule has 21 heavy (non-hydrogen) atoms. The number of halogens is 1. The molecule has 0 aliphatic carbocycles. The molecule has 1 aliphatic rings. The first kappa shape index (κ1) is 15.7. The van der Waals surface area contributed by atoms with Crippen LogP contribution in [0.25, 0.3) is 0 Å². The standard InChI is InChI=1S/C15H22FN3O2/c1-9(2)18-13-7-10(16)3-5-12(13)19-15(20)14-6-4-11(8-17)21-14/h3,5,7,9,11,14,18H,4,6,8,17H2,1-2H3,(H,19,20)/t11-,14+/m1/s1. The summed E-state index contributed by atoms with van der Waals surface area (Å²) in [6, 6.07) is 4.37. The first-order valence-electron chi connectivity index (χ1n) is 7.22. The maximum Gasteiger partial charge on any atom is 0.253 e. The Hall–Kier alpha value is -1.66. The van der Waals surface area contributed by atoms with E-state index in [1.807, 2.05) is 13.8 Å². The van der Waals surface area contributed by atoms with Crippen molar-refractivity contribution in [3.63, 3.8) is 0 Å². The molecule has 1 fully saturated rings. The third-order valence-electron chi connectivity index (χ3n) is 3.35. The Morgan fingerprint density at radius 1 is 1.43 bits per heavy atom. The van der Waals surface area contributed by atoms with Crippen LogP contribution >= 0.6 is 0 Å². The molecule has 1 saturated heterocycles. The van der Waals surface area contributed by atoms with Crippen LogP contribution in [0.3, 0.4) is 0 Å². The van der Waals surface area contributed by atoms with Crippen LogP contribution in [0.4, 0.5) is 15.8 Å². The van der Waals surface area contributed by atoms with Crippen molar-refractivity contribution in [1.29, 1.82) is 0 Å². The van der Waals surface area contributed by atoms with Gasteiger partial charge in [0.05, 0.1) is 17.5 Å². The molecule has 1 aromatic rings. The summed E-state index contributed by atoms with van der Waals surface area (Å²) in [7, 11) is 0. The Bertz CT molecular complexity index is 508. The number of amides is 1. The summed E-state index contributed by atoms with van der Waals surface area (Å²) in [6.07, 6.45) is 0.898. The number of benzene rings is 1.